The summed E-state index contributed by atoms with van der Waals surface area (Å²) in [6.07, 6.45) is 33.0. The van der Waals surface area contributed by atoms with Gasteiger partial charge in [0.25, 0.3) is 0 Å². The van der Waals surface area contributed by atoms with Gasteiger partial charge in [0, 0.05) is 353 Å². The lowest BCUT2D eigenvalue weighted by atomic mass is 10.1. The van der Waals surface area contributed by atoms with E-state index in [1.165, 1.54) is 173 Å². The number of carbonyl (C=O) groups excluding carboxylic acids is 9. The van der Waals surface area contributed by atoms with E-state index in [2.05, 4.69) is 152 Å². The third kappa shape index (κ3) is 48.0. The van der Waals surface area contributed by atoms with Crippen LogP contribution in [-0.2, 0) is 43.2 Å². The molecule has 36 nitrogen and oxygen atoms in total. The third-order valence-corrected chi connectivity index (χ3v) is 33.0. The fraction of sp³-hybridized carbons (Fsp3) is 0.917. The predicted molar refractivity (Wildman–Crippen MR) is 579 cm³/mol. The Hall–Kier alpha value is -5.49. The van der Waals surface area contributed by atoms with Gasteiger partial charge in [0.15, 0.2) is 0 Å². The van der Waals surface area contributed by atoms with E-state index in [0.717, 1.165) is 353 Å². The molecular weight excluding hydrogens is 1820 g/mol. The SMILES string of the molecule is CN1CCN(CC(=O)N2CCCCC2)CC1.CN1CCN(CC(=O)N2CCCCC2)CC1.CN1CCN(CC(=O)N2CCCCC2)CC1.CN1CCN(CC(=O)N2CCCCC2)CC1.CN1CCN(CC(=O)N2CCCCC2)CC1.CN1CCN(CC(=O)N2CCCCC2)CC1.CN1CCN(CC(=O)N2CCCCC2)CC1.CN1CCN(CC(=O)N2CCCCC2)CC1.CN1CCN(CC(=O)N2CCCCC2)CC1. The Morgan fingerprint density at radius 2 is 0.174 bits per heavy atom. The fourth-order valence-corrected chi connectivity index (χ4v) is 22.0. The Kier molecular flexibility index (Phi) is 57.8. The molecule has 0 atom stereocenters. The highest BCUT2D eigenvalue weighted by Crippen LogP contribution is 2.20. The van der Waals surface area contributed by atoms with Crippen LogP contribution in [0.3, 0.4) is 0 Å². The van der Waals surface area contributed by atoms with Crippen molar-refractivity contribution in [1.29, 1.82) is 0 Å². The summed E-state index contributed by atoms with van der Waals surface area (Å²) in [6.45, 7) is 61.6. The molecule has 0 spiro atoms. The summed E-state index contributed by atoms with van der Waals surface area (Å²) in [5, 5.41) is 0. The number of nitrogens with zero attached hydrogens (tertiary/aromatic N) is 27. The molecule has 9 amide bonds. The van der Waals surface area contributed by atoms with Gasteiger partial charge in [-0.05, 0) is 237 Å². The van der Waals surface area contributed by atoms with Crippen LogP contribution in [-0.4, -0.2) is 661 Å². The molecule has 828 valence electrons. The van der Waals surface area contributed by atoms with Crippen molar-refractivity contribution in [3.63, 3.8) is 0 Å². The number of likely N-dealkylation sites (tertiary alicyclic amines) is 9. The van der Waals surface area contributed by atoms with Crippen LogP contribution in [0.25, 0.3) is 0 Å². The third-order valence-electron chi connectivity index (χ3n) is 33.0. The molecule has 0 aliphatic carbocycles. The van der Waals surface area contributed by atoms with Crippen molar-refractivity contribution in [1.82, 2.24) is 132 Å². The Bertz CT molecular complexity index is 2790. The van der Waals surface area contributed by atoms with Gasteiger partial charge < -0.3 is 88.2 Å². The van der Waals surface area contributed by atoms with E-state index in [-0.39, 0.29) is 0 Å². The zero-order valence-electron chi connectivity index (χ0n) is 92.9. The first-order valence-corrected chi connectivity index (χ1v) is 58.0. The summed E-state index contributed by atoms with van der Waals surface area (Å²) in [6, 6.07) is 0. The van der Waals surface area contributed by atoms with Crippen LogP contribution in [0.1, 0.15) is 173 Å². The van der Waals surface area contributed by atoms with Gasteiger partial charge in [0.1, 0.15) is 0 Å². The molecule has 0 radical (unpaired) electrons. The molecule has 18 rings (SSSR count). The molecule has 0 aromatic heterocycles. The zero-order valence-corrected chi connectivity index (χ0v) is 92.9. The predicted octanol–water partition coefficient (Wildman–Crippen LogP) is 2.22. The number of hydrogen-bond donors (Lipinski definition) is 0. The first-order valence-electron chi connectivity index (χ1n) is 58.0. The smallest absolute Gasteiger partial charge is 0.236 e. The van der Waals surface area contributed by atoms with Crippen LogP contribution in [0.4, 0.5) is 0 Å². The van der Waals surface area contributed by atoms with Crippen LogP contribution in [0.5, 0.6) is 0 Å². The lowest BCUT2D eigenvalue weighted by Gasteiger charge is -2.34. The minimum Gasteiger partial charge on any atom is -0.342 e. The van der Waals surface area contributed by atoms with E-state index in [1.807, 2.05) is 44.1 Å². The normalized spacial score (nSPS) is 24.7. The second kappa shape index (κ2) is 69.1. The lowest BCUT2D eigenvalue weighted by Crippen LogP contribution is -2.49. The van der Waals surface area contributed by atoms with E-state index in [1.54, 1.807) is 0 Å². The molecule has 0 N–H and O–H groups in total. The monoisotopic (exact) mass is 2030 g/mol. The molecule has 36 heteroatoms. The summed E-state index contributed by atoms with van der Waals surface area (Å²) in [5.74, 6) is 3.04. The summed E-state index contributed by atoms with van der Waals surface area (Å²) in [5.41, 5.74) is 0. The molecule has 0 saturated carbocycles. The Morgan fingerprint density at radius 3 is 0.243 bits per heavy atom. The molecule has 18 saturated heterocycles. The molecule has 144 heavy (non-hydrogen) atoms. The molecular formula is C108H207N27O9. The van der Waals surface area contributed by atoms with Crippen LogP contribution in [0.15, 0.2) is 0 Å². The van der Waals surface area contributed by atoms with Crippen LogP contribution < -0.4 is 0 Å². The van der Waals surface area contributed by atoms with Gasteiger partial charge >= 0.3 is 0 Å². The maximum atomic E-state index is 12.0. The molecule has 18 aliphatic rings. The van der Waals surface area contributed by atoms with Gasteiger partial charge in [-0.25, -0.2) is 0 Å². The number of piperidine rings is 9. The standard InChI is InChI=1S/9C12H23N3O/c9*1-13-7-9-14(10-8-13)11-12(16)15-5-3-2-4-6-15/h9*2-11H2,1H3. The van der Waals surface area contributed by atoms with E-state index in [0.29, 0.717) is 112 Å². The molecule has 0 unspecified atom stereocenters. The summed E-state index contributed by atoms with van der Waals surface area (Å²) in [4.78, 5) is 168. The van der Waals surface area contributed by atoms with Crippen LogP contribution in [0, 0.1) is 0 Å². The molecule has 0 aromatic rings. The highest BCUT2D eigenvalue weighted by molar-refractivity contribution is 5.82. The highest BCUT2D eigenvalue weighted by Gasteiger charge is 2.32. The van der Waals surface area contributed by atoms with Crippen LogP contribution >= 0.6 is 0 Å². The van der Waals surface area contributed by atoms with Crippen molar-refractivity contribution in [3.05, 3.63) is 0 Å². The number of amides is 9. The largest absolute Gasteiger partial charge is 0.342 e. The number of carbonyl (C=O) groups is 9. The van der Waals surface area contributed by atoms with Gasteiger partial charge in [-0.1, -0.05) is 0 Å². The number of likely N-dealkylation sites (N-methyl/N-ethyl adjacent to an activating group) is 9. The second-order valence-electron chi connectivity index (χ2n) is 45.2. The maximum Gasteiger partial charge on any atom is 0.236 e. The van der Waals surface area contributed by atoms with E-state index in [9.17, 15) is 43.2 Å². The minimum atomic E-state index is 0.337. The highest BCUT2D eigenvalue weighted by atomic mass is 16.2. The minimum absolute atomic E-state index is 0.337. The Labute approximate surface area is 873 Å². The van der Waals surface area contributed by atoms with E-state index >= 15 is 0 Å². The Morgan fingerprint density at radius 1 is 0.104 bits per heavy atom. The molecule has 0 bridgehead atoms. The second-order valence-corrected chi connectivity index (χ2v) is 45.2. The van der Waals surface area contributed by atoms with Gasteiger partial charge in [-0.2, -0.15) is 0 Å². The quantitative estimate of drug-likeness (QED) is 0.191. The summed E-state index contributed by atoms with van der Waals surface area (Å²) < 4.78 is 0. The topological polar surface area (TPSA) is 241 Å². The first-order chi connectivity index (χ1) is 69.8. The molecule has 18 heterocycles. The van der Waals surface area contributed by atoms with Crippen LogP contribution in [0.2, 0.25) is 0 Å². The Balaban J connectivity index is 0.000000166. The van der Waals surface area contributed by atoms with Gasteiger partial charge in [0.05, 0.1) is 58.9 Å². The van der Waals surface area contributed by atoms with Crippen molar-refractivity contribution in [2.24, 2.45) is 0 Å². The van der Waals surface area contributed by atoms with E-state index in [4.69, 9.17) is 0 Å². The fourth-order valence-electron chi connectivity index (χ4n) is 22.0. The first kappa shape index (κ1) is 120. The number of hydrogen-bond acceptors (Lipinski definition) is 27. The maximum absolute atomic E-state index is 12.0. The number of rotatable bonds is 18. The summed E-state index contributed by atoms with van der Waals surface area (Å²) >= 11 is 0. The average Bonchev–Trinajstić information content (AvgIpc) is 0.912. The van der Waals surface area contributed by atoms with Crippen molar-refractivity contribution in [2.45, 2.75) is 173 Å². The van der Waals surface area contributed by atoms with Gasteiger partial charge in [-0.3, -0.25) is 87.3 Å². The average molecular weight is 2030 g/mol. The lowest BCUT2D eigenvalue weighted by molar-refractivity contribution is -0.134. The molecule has 0 aromatic carbocycles. The van der Waals surface area contributed by atoms with Crippen molar-refractivity contribution in [3.8, 4) is 0 Å². The zero-order chi connectivity index (χ0) is 102. The van der Waals surface area contributed by atoms with Crippen molar-refractivity contribution in [2.75, 3.05) is 476 Å². The van der Waals surface area contributed by atoms with Crippen molar-refractivity contribution < 1.29 is 43.2 Å². The van der Waals surface area contributed by atoms with E-state index < -0.39 is 0 Å². The molecule has 18 aliphatic heterocycles. The summed E-state index contributed by atoms with van der Waals surface area (Å²) in [7, 11) is 19.3. The number of piperazine rings is 9. The van der Waals surface area contributed by atoms with Gasteiger partial charge in [0.2, 0.25) is 53.2 Å². The van der Waals surface area contributed by atoms with Gasteiger partial charge in [-0.15, -0.1) is 0 Å². The molecule has 18 fully saturated rings. The van der Waals surface area contributed by atoms with Crippen molar-refractivity contribution >= 4 is 53.2 Å².